The molecule has 1 saturated carbocycles. The second-order valence-corrected chi connectivity index (χ2v) is 11.0. The van der Waals surface area contributed by atoms with Crippen LogP contribution in [0, 0.1) is 12.7 Å². The maximum Gasteiger partial charge on any atom is 0.261 e. The van der Waals surface area contributed by atoms with Crippen LogP contribution in [0.2, 0.25) is 0 Å². The van der Waals surface area contributed by atoms with E-state index in [-0.39, 0.29) is 30.0 Å². The van der Waals surface area contributed by atoms with Crippen molar-refractivity contribution in [3.8, 4) is 5.75 Å². The lowest BCUT2D eigenvalue weighted by atomic mass is 9.95. The summed E-state index contributed by atoms with van der Waals surface area (Å²) in [6, 6.07) is 4.64. The first kappa shape index (κ1) is 25.8. The summed E-state index contributed by atoms with van der Waals surface area (Å²) in [5.41, 5.74) is 1.45. The maximum absolute atomic E-state index is 14.2. The Bertz CT molecular complexity index is 1250. The van der Waals surface area contributed by atoms with E-state index in [2.05, 4.69) is 32.5 Å². The second-order valence-electron chi connectivity index (χ2n) is 10.0. The van der Waals surface area contributed by atoms with Crippen molar-refractivity contribution >= 4 is 39.0 Å². The predicted octanol–water partition coefficient (Wildman–Crippen LogP) is 5.04. The van der Waals surface area contributed by atoms with Crippen molar-refractivity contribution in [2.75, 3.05) is 32.6 Å². The van der Waals surface area contributed by atoms with Crippen molar-refractivity contribution in [1.29, 1.82) is 0 Å². The molecule has 0 spiro atoms. The van der Waals surface area contributed by atoms with E-state index in [4.69, 9.17) is 9.47 Å². The molecule has 10 heteroatoms. The fraction of sp³-hybridized carbons (Fsp3) is 0.519. The summed E-state index contributed by atoms with van der Waals surface area (Å²) in [5, 5.41) is 7.32. The van der Waals surface area contributed by atoms with E-state index in [9.17, 15) is 9.18 Å². The molecule has 1 aromatic carbocycles. The van der Waals surface area contributed by atoms with Gasteiger partial charge >= 0.3 is 0 Å². The van der Waals surface area contributed by atoms with Crippen LogP contribution in [0.5, 0.6) is 5.75 Å². The summed E-state index contributed by atoms with van der Waals surface area (Å²) in [5.74, 6) is 0.578. The van der Waals surface area contributed by atoms with Crippen molar-refractivity contribution in [2.45, 2.75) is 63.7 Å². The Hall–Kier alpha value is -2.82. The van der Waals surface area contributed by atoms with Crippen molar-refractivity contribution < 1.29 is 18.7 Å². The number of hydrogen-bond acceptors (Lipinski definition) is 8. The van der Waals surface area contributed by atoms with E-state index in [1.54, 1.807) is 13.2 Å². The van der Waals surface area contributed by atoms with Crippen LogP contribution in [0.4, 0.5) is 15.9 Å². The Kier molecular flexibility index (Phi) is 7.87. The first-order valence-corrected chi connectivity index (χ1v) is 13.7. The highest BCUT2D eigenvalue weighted by molar-refractivity contribution is 7.20. The molecule has 1 aliphatic heterocycles. The number of thiophene rings is 1. The summed E-state index contributed by atoms with van der Waals surface area (Å²) in [6.07, 6.45) is 7.17. The molecule has 2 aromatic heterocycles. The first-order chi connectivity index (χ1) is 17.9. The Morgan fingerprint density at radius 2 is 1.84 bits per heavy atom. The molecule has 5 rings (SSSR count). The van der Waals surface area contributed by atoms with Crippen LogP contribution in [0.3, 0.4) is 0 Å². The average Bonchev–Trinajstić information content (AvgIpc) is 3.25. The maximum atomic E-state index is 14.2. The van der Waals surface area contributed by atoms with Crippen LogP contribution in [0.1, 0.15) is 53.8 Å². The third-order valence-corrected chi connectivity index (χ3v) is 8.63. The van der Waals surface area contributed by atoms with Gasteiger partial charge in [-0.15, -0.1) is 11.3 Å². The van der Waals surface area contributed by atoms with E-state index in [1.807, 2.05) is 6.92 Å². The number of carbonyl (C=O) groups is 1. The summed E-state index contributed by atoms with van der Waals surface area (Å²) in [7, 11) is 3.84. The van der Waals surface area contributed by atoms with Crippen LogP contribution in [-0.2, 0) is 4.74 Å². The zero-order valence-electron chi connectivity index (χ0n) is 21.6. The fourth-order valence-corrected chi connectivity index (χ4v) is 6.23. The Morgan fingerprint density at radius 3 is 2.57 bits per heavy atom. The number of likely N-dealkylation sites (tertiary alicyclic amines) is 1. The third-order valence-electron chi connectivity index (χ3n) is 7.43. The lowest BCUT2D eigenvalue weighted by Gasteiger charge is -2.29. The standard InChI is InChI=1S/C27H34FN5O3S/c1-16-23-25(29-15-30-27(23)37-24(16)26(34)31-18-10-12-33(2)13-11-18)32-21-9-4-17(28)14-22(21)36-20-7-5-19(35-3)6-8-20/h4,9,14-15,18-20H,5-8,10-13H2,1-3H3,(H,31,34)(H,29,30,32). The molecular formula is C27H34FN5O3S. The van der Waals surface area contributed by atoms with Gasteiger partial charge in [-0.3, -0.25) is 4.79 Å². The molecule has 2 N–H and O–H groups in total. The quantitative estimate of drug-likeness (QED) is 0.445. The summed E-state index contributed by atoms with van der Waals surface area (Å²) < 4.78 is 25.9. The molecule has 3 heterocycles. The van der Waals surface area contributed by atoms with Gasteiger partial charge < -0.3 is 25.0 Å². The molecule has 0 unspecified atom stereocenters. The number of aromatic nitrogens is 2. The van der Waals surface area contributed by atoms with Gasteiger partial charge in [-0.1, -0.05) is 0 Å². The monoisotopic (exact) mass is 527 g/mol. The fourth-order valence-electron chi connectivity index (χ4n) is 5.18. The molecule has 37 heavy (non-hydrogen) atoms. The number of aryl methyl sites for hydroxylation is 1. The Labute approximate surface area is 220 Å². The first-order valence-electron chi connectivity index (χ1n) is 12.9. The van der Waals surface area contributed by atoms with Crippen molar-refractivity contribution in [3.05, 3.63) is 40.8 Å². The number of carbonyl (C=O) groups excluding carboxylic acids is 1. The number of halogens is 1. The number of nitrogens with one attached hydrogen (secondary N) is 2. The highest BCUT2D eigenvalue weighted by Crippen LogP contribution is 2.37. The van der Waals surface area contributed by atoms with E-state index < -0.39 is 0 Å². The molecule has 2 fully saturated rings. The van der Waals surface area contributed by atoms with Gasteiger partial charge in [0.2, 0.25) is 0 Å². The number of ether oxygens (including phenoxy) is 2. The lowest BCUT2D eigenvalue weighted by Crippen LogP contribution is -2.43. The SMILES string of the molecule is COC1CCC(Oc2cc(F)ccc2Nc2ncnc3sc(C(=O)NC4CCN(C)CC4)c(C)c23)CC1. The van der Waals surface area contributed by atoms with Gasteiger partial charge in [0.15, 0.2) is 0 Å². The number of nitrogens with zero attached hydrogens (tertiary/aromatic N) is 3. The molecule has 1 aliphatic carbocycles. The van der Waals surface area contributed by atoms with Gasteiger partial charge in [0.1, 0.15) is 28.5 Å². The molecule has 1 saturated heterocycles. The minimum Gasteiger partial charge on any atom is -0.488 e. The van der Waals surface area contributed by atoms with Crippen LogP contribution in [0.15, 0.2) is 24.5 Å². The Balaban J connectivity index is 1.37. The van der Waals surface area contributed by atoms with E-state index in [0.717, 1.165) is 67.4 Å². The zero-order valence-corrected chi connectivity index (χ0v) is 22.4. The third kappa shape index (κ3) is 5.86. The van der Waals surface area contributed by atoms with Gasteiger partial charge in [-0.05, 0) is 83.3 Å². The van der Waals surface area contributed by atoms with Gasteiger partial charge in [0.25, 0.3) is 5.91 Å². The van der Waals surface area contributed by atoms with Crippen molar-refractivity contribution in [1.82, 2.24) is 20.2 Å². The normalized spacial score (nSPS) is 21.2. The van der Waals surface area contributed by atoms with Crippen molar-refractivity contribution in [3.63, 3.8) is 0 Å². The van der Waals surface area contributed by atoms with Crippen LogP contribution in [-0.4, -0.2) is 66.3 Å². The molecule has 8 nitrogen and oxygen atoms in total. The number of piperidine rings is 1. The molecule has 198 valence electrons. The predicted molar refractivity (Wildman–Crippen MR) is 144 cm³/mol. The summed E-state index contributed by atoms with van der Waals surface area (Å²) >= 11 is 1.37. The number of methoxy groups -OCH3 is 1. The van der Waals surface area contributed by atoms with Crippen molar-refractivity contribution in [2.24, 2.45) is 0 Å². The molecule has 1 amide bonds. The number of hydrogen-bond donors (Lipinski definition) is 2. The second kappa shape index (κ2) is 11.3. The van der Waals surface area contributed by atoms with E-state index in [1.165, 1.54) is 29.8 Å². The largest absolute Gasteiger partial charge is 0.488 e. The molecular weight excluding hydrogens is 493 g/mol. The molecule has 0 radical (unpaired) electrons. The number of amides is 1. The zero-order chi connectivity index (χ0) is 25.9. The average molecular weight is 528 g/mol. The highest BCUT2D eigenvalue weighted by atomic mass is 32.1. The topological polar surface area (TPSA) is 88.6 Å². The van der Waals surface area contributed by atoms with Crippen LogP contribution < -0.4 is 15.4 Å². The van der Waals surface area contributed by atoms with Crippen LogP contribution >= 0.6 is 11.3 Å². The van der Waals surface area contributed by atoms with Gasteiger partial charge in [0, 0.05) is 19.2 Å². The van der Waals surface area contributed by atoms with E-state index in [0.29, 0.717) is 22.1 Å². The molecule has 3 aromatic rings. The van der Waals surface area contributed by atoms with Gasteiger partial charge in [0.05, 0.1) is 28.2 Å². The number of rotatable bonds is 7. The Morgan fingerprint density at radius 1 is 1.11 bits per heavy atom. The minimum absolute atomic E-state index is 0.00285. The number of fused-ring (bicyclic) bond motifs is 1. The number of anilines is 2. The molecule has 0 atom stereocenters. The smallest absolute Gasteiger partial charge is 0.261 e. The minimum atomic E-state index is -0.362. The van der Waals surface area contributed by atoms with Crippen LogP contribution in [0.25, 0.3) is 10.2 Å². The van der Waals surface area contributed by atoms with E-state index >= 15 is 0 Å². The summed E-state index contributed by atoms with van der Waals surface area (Å²) in [4.78, 5) is 25.7. The molecule has 2 aliphatic rings. The molecule has 0 bridgehead atoms. The summed E-state index contributed by atoms with van der Waals surface area (Å²) in [6.45, 7) is 3.88. The van der Waals surface area contributed by atoms with Gasteiger partial charge in [-0.2, -0.15) is 0 Å². The lowest BCUT2D eigenvalue weighted by molar-refractivity contribution is 0.0329. The van der Waals surface area contributed by atoms with Gasteiger partial charge in [-0.25, -0.2) is 14.4 Å². The number of benzene rings is 1. The highest BCUT2D eigenvalue weighted by Gasteiger charge is 2.25.